The molecule has 1 fully saturated rings. The van der Waals surface area contributed by atoms with Crippen LogP contribution in [0.15, 0.2) is 39.7 Å². The number of aromatic amines is 1. The lowest BCUT2D eigenvalue weighted by Crippen LogP contribution is -2.32. The monoisotopic (exact) mass is 321 g/mol. The molecule has 2 heterocycles. The Kier molecular flexibility index (Phi) is 3.57. The van der Waals surface area contributed by atoms with E-state index in [9.17, 15) is 4.79 Å². The second kappa shape index (κ2) is 5.35. The number of imidazole rings is 1. The van der Waals surface area contributed by atoms with E-state index in [0.717, 1.165) is 41.7 Å². The van der Waals surface area contributed by atoms with Crippen LogP contribution >= 0.6 is 15.9 Å². The number of H-pyrrole nitrogens is 1. The maximum Gasteiger partial charge on any atom is 0.326 e. The van der Waals surface area contributed by atoms with Crippen LogP contribution in [0.2, 0.25) is 0 Å². The van der Waals surface area contributed by atoms with Crippen molar-refractivity contribution in [2.45, 2.75) is 18.9 Å². The maximum absolute atomic E-state index is 12.1. The molecule has 0 atom stereocenters. The van der Waals surface area contributed by atoms with Gasteiger partial charge in [-0.05, 0) is 43.6 Å². The quantitative estimate of drug-likeness (QED) is 0.893. The standard InChI is InChI=1S/C14H16BrN3O/c15-11-3-1-10(2-4-11)13-9-18(14(19)17-13)12-5-7-16-8-6-12/h1-4,9,12,16H,5-8H2,(H,17,19). The minimum atomic E-state index is -0.00943. The lowest BCUT2D eigenvalue weighted by Gasteiger charge is -2.22. The average molecular weight is 322 g/mol. The van der Waals surface area contributed by atoms with E-state index in [1.165, 1.54) is 0 Å². The van der Waals surface area contributed by atoms with Gasteiger partial charge in [0.15, 0.2) is 0 Å². The van der Waals surface area contributed by atoms with Crippen LogP contribution in [-0.2, 0) is 0 Å². The minimum Gasteiger partial charge on any atom is -0.317 e. The molecule has 1 aromatic carbocycles. The summed E-state index contributed by atoms with van der Waals surface area (Å²) in [5.41, 5.74) is 1.91. The third kappa shape index (κ3) is 2.67. The van der Waals surface area contributed by atoms with Crippen molar-refractivity contribution in [3.63, 3.8) is 0 Å². The molecule has 0 amide bonds. The predicted molar refractivity (Wildman–Crippen MR) is 79.3 cm³/mol. The van der Waals surface area contributed by atoms with Crippen molar-refractivity contribution in [3.8, 4) is 11.3 Å². The van der Waals surface area contributed by atoms with E-state index in [1.54, 1.807) is 0 Å². The van der Waals surface area contributed by atoms with Gasteiger partial charge in [0.1, 0.15) is 0 Å². The van der Waals surface area contributed by atoms with Gasteiger partial charge in [0.25, 0.3) is 0 Å². The minimum absolute atomic E-state index is 0.00943. The summed E-state index contributed by atoms with van der Waals surface area (Å²) in [4.78, 5) is 15.0. The molecule has 19 heavy (non-hydrogen) atoms. The van der Waals surface area contributed by atoms with Crippen LogP contribution in [0.5, 0.6) is 0 Å². The fraction of sp³-hybridized carbons (Fsp3) is 0.357. The molecular weight excluding hydrogens is 306 g/mol. The first-order chi connectivity index (χ1) is 9.24. The molecule has 1 aliphatic rings. The van der Waals surface area contributed by atoms with Crippen LogP contribution in [0.3, 0.4) is 0 Å². The zero-order valence-corrected chi connectivity index (χ0v) is 12.1. The lowest BCUT2D eigenvalue weighted by atomic mass is 10.1. The highest BCUT2D eigenvalue weighted by Gasteiger charge is 2.17. The highest BCUT2D eigenvalue weighted by atomic mass is 79.9. The molecular formula is C14H16BrN3O. The van der Waals surface area contributed by atoms with Gasteiger partial charge in [-0.25, -0.2) is 4.79 Å². The molecule has 0 bridgehead atoms. The number of benzene rings is 1. The van der Waals surface area contributed by atoms with Gasteiger partial charge >= 0.3 is 5.69 Å². The molecule has 0 saturated carbocycles. The van der Waals surface area contributed by atoms with Crippen LogP contribution in [0.25, 0.3) is 11.3 Å². The van der Waals surface area contributed by atoms with Crippen molar-refractivity contribution in [3.05, 3.63) is 45.4 Å². The normalized spacial score (nSPS) is 16.7. The first kappa shape index (κ1) is 12.7. The van der Waals surface area contributed by atoms with E-state index in [-0.39, 0.29) is 5.69 Å². The van der Waals surface area contributed by atoms with Crippen LogP contribution < -0.4 is 11.0 Å². The van der Waals surface area contributed by atoms with Gasteiger partial charge in [-0.1, -0.05) is 28.1 Å². The summed E-state index contributed by atoms with van der Waals surface area (Å²) in [7, 11) is 0. The van der Waals surface area contributed by atoms with Crippen molar-refractivity contribution in [2.24, 2.45) is 0 Å². The van der Waals surface area contributed by atoms with Gasteiger partial charge in [-0.15, -0.1) is 0 Å². The second-order valence-corrected chi connectivity index (χ2v) is 5.78. The topological polar surface area (TPSA) is 49.8 Å². The first-order valence-electron chi connectivity index (χ1n) is 6.52. The molecule has 5 heteroatoms. The van der Waals surface area contributed by atoms with Gasteiger partial charge < -0.3 is 10.3 Å². The Morgan fingerprint density at radius 2 is 1.84 bits per heavy atom. The first-order valence-corrected chi connectivity index (χ1v) is 7.31. The maximum atomic E-state index is 12.1. The summed E-state index contributed by atoms with van der Waals surface area (Å²) >= 11 is 3.42. The smallest absolute Gasteiger partial charge is 0.317 e. The zero-order chi connectivity index (χ0) is 13.2. The van der Waals surface area contributed by atoms with Crippen molar-refractivity contribution < 1.29 is 0 Å². The summed E-state index contributed by atoms with van der Waals surface area (Å²) in [5.74, 6) is 0. The largest absolute Gasteiger partial charge is 0.326 e. The van der Waals surface area contributed by atoms with Gasteiger partial charge in [-0.2, -0.15) is 0 Å². The summed E-state index contributed by atoms with van der Waals surface area (Å²) in [6, 6.07) is 8.28. The second-order valence-electron chi connectivity index (χ2n) is 4.87. The van der Waals surface area contributed by atoms with Crippen molar-refractivity contribution >= 4 is 15.9 Å². The number of halogens is 1. The van der Waals surface area contributed by atoms with E-state index < -0.39 is 0 Å². The van der Waals surface area contributed by atoms with Crippen LogP contribution in [0, 0.1) is 0 Å². The SMILES string of the molecule is O=c1[nH]c(-c2ccc(Br)cc2)cn1C1CCNCC1. The molecule has 100 valence electrons. The fourth-order valence-corrected chi connectivity index (χ4v) is 2.81. The summed E-state index contributed by atoms with van der Waals surface area (Å²) in [6.45, 7) is 1.96. The number of nitrogens with zero attached hydrogens (tertiary/aromatic N) is 1. The average Bonchev–Trinajstić information content (AvgIpc) is 2.83. The Hall–Kier alpha value is -1.33. The number of hydrogen-bond acceptors (Lipinski definition) is 2. The Morgan fingerprint density at radius 1 is 1.16 bits per heavy atom. The van der Waals surface area contributed by atoms with Crippen LogP contribution in [0.4, 0.5) is 0 Å². The number of rotatable bonds is 2. The summed E-state index contributed by atoms with van der Waals surface area (Å²) in [6.07, 6.45) is 3.97. The summed E-state index contributed by atoms with van der Waals surface area (Å²) in [5, 5.41) is 3.32. The Bertz CT molecular complexity index is 608. The van der Waals surface area contributed by atoms with Crippen molar-refractivity contribution in [1.29, 1.82) is 0 Å². The lowest BCUT2D eigenvalue weighted by molar-refractivity contribution is 0.361. The summed E-state index contributed by atoms with van der Waals surface area (Å²) < 4.78 is 2.88. The molecule has 1 aliphatic heterocycles. The Morgan fingerprint density at radius 3 is 2.53 bits per heavy atom. The van der Waals surface area contributed by atoms with E-state index in [1.807, 2.05) is 35.0 Å². The van der Waals surface area contributed by atoms with Gasteiger partial charge in [-0.3, -0.25) is 4.57 Å². The fourth-order valence-electron chi connectivity index (χ4n) is 2.54. The van der Waals surface area contributed by atoms with Crippen molar-refractivity contribution in [1.82, 2.24) is 14.9 Å². The molecule has 1 aromatic heterocycles. The van der Waals surface area contributed by atoms with Crippen LogP contribution in [0.1, 0.15) is 18.9 Å². The predicted octanol–water partition coefficient (Wildman–Crippen LogP) is 2.53. The van der Waals surface area contributed by atoms with E-state index in [4.69, 9.17) is 0 Å². The molecule has 4 nitrogen and oxygen atoms in total. The third-order valence-corrected chi connectivity index (χ3v) is 4.13. The highest BCUT2D eigenvalue weighted by molar-refractivity contribution is 9.10. The Labute approximate surface area is 120 Å². The third-order valence-electron chi connectivity index (χ3n) is 3.60. The van der Waals surface area contributed by atoms with Gasteiger partial charge in [0.05, 0.1) is 5.69 Å². The van der Waals surface area contributed by atoms with E-state index in [0.29, 0.717) is 6.04 Å². The molecule has 2 N–H and O–H groups in total. The molecule has 0 unspecified atom stereocenters. The Balaban J connectivity index is 1.92. The zero-order valence-electron chi connectivity index (χ0n) is 10.5. The van der Waals surface area contributed by atoms with Crippen LogP contribution in [-0.4, -0.2) is 22.6 Å². The molecule has 0 spiro atoms. The number of nitrogens with one attached hydrogen (secondary N) is 2. The van der Waals surface area contributed by atoms with Gasteiger partial charge in [0, 0.05) is 16.7 Å². The van der Waals surface area contributed by atoms with E-state index in [2.05, 4.69) is 26.2 Å². The number of aromatic nitrogens is 2. The van der Waals surface area contributed by atoms with Crippen molar-refractivity contribution in [2.75, 3.05) is 13.1 Å². The number of hydrogen-bond donors (Lipinski definition) is 2. The molecule has 3 rings (SSSR count). The molecule has 1 saturated heterocycles. The number of piperidine rings is 1. The van der Waals surface area contributed by atoms with E-state index >= 15 is 0 Å². The highest BCUT2D eigenvalue weighted by Crippen LogP contribution is 2.22. The molecule has 0 radical (unpaired) electrons. The van der Waals surface area contributed by atoms with Gasteiger partial charge in [0.2, 0.25) is 0 Å². The molecule has 2 aromatic rings. The molecule has 0 aliphatic carbocycles.